The number of nitrogens with one attached hydrogen (secondary N) is 1. The van der Waals surface area contributed by atoms with Crippen molar-refractivity contribution < 1.29 is 4.79 Å². The van der Waals surface area contributed by atoms with Crippen molar-refractivity contribution in [3.05, 3.63) is 50.8 Å². The minimum absolute atomic E-state index is 0. The fraction of sp³-hybridized carbons (Fsp3) is 0.375. The molecule has 1 atom stereocenters. The lowest BCUT2D eigenvalue weighted by Gasteiger charge is -2.19. The Labute approximate surface area is 138 Å². The molecule has 0 bridgehead atoms. The van der Waals surface area contributed by atoms with Crippen LogP contribution in [0.25, 0.3) is 0 Å². The molecular weight excluding hydrogens is 348 g/mol. The Balaban J connectivity index is 0.00000161. The number of aryl methyl sites for hydroxylation is 2. The Morgan fingerprint density at radius 1 is 1.24 bits per heavy atom. The lowest BCUT2D eigenvalue weighted by atomic mass is 10.0. The third-order valence-corrected chi connectivity index (χ3v) is 5.02. The van der Waals surface area contributed by atoms with Crippen molar-refractivity contribution in [2.45, 2.75) is 38.6 Å². The zero-order valence-corrected chi connectivity index (χ0v) is 14.5. The molecule has 0 radical (unpaired) electrons. The number of thiazole rings is 1. The van der Waals surface area contributed by atoms with Gasteiger partial charge in [0.2, 0.25) is 0 Å². The van der Waals surface area contributed by atoms with Gasteiger partial charge in [0.15, 0.2) is 4.80 Å². The van der Waals surface area contributed by atoms with E-state index in [4.69, 9.17) is 5.41 Å². The number of nitrogens with zero attached hydrogens (tertiary/aromatic N) is 1. The fourth-order valence-electron chi connectivity index (χ4n) is 2.86. The average Bonchev–Trinajstić information content (AvgIpc) is 2.79. The minimum Gasteiger partial charge on any atom is -0.307 e. The van der Waals surface area contributed by atoms with Gasteiger partial charge in [0.25, 0.3) is 0 Å². The van der Waals surface area contributed by atoms with E-state index >= 15 is 0 Å². The van der Waals surface area contributed by atoms with Gasteiger partial charge in [0, 0.05) is 10.6 Å². The molecule has 1 aromatic carbocycles. The largest absolute Gasteiger partial charge is 0.307 e. The van der Waals surface area contributed by atoms with Crippen molar-refractivity contribution >= 4 is 34.6 Å². The molecular formula is C16H19BrN2OS. The minimum atomic E-state index is -0.360. The number of hydrogen-bond donors (Lipinski definition) is 1. The average molecular weight is 367 g/mol. The second-order valence-electron chi connectivity index (χ2n) is 5.35. The highest BCUT2D eigenvalue weighted by molar-refractivity contribution is 8.93. The highest BCUT2D eigenvalue weighted by Crippen LogP contribution is 2.27. The van der Waals surface area contributed by atoms with Crippen LogP contribution in [-0.4, -0.2) is 10.9 Å². The van der Waals surface area contributed by atoms with Gasteiger partial charge in [0.1, 0.15) is 12.3 Å². The molecule has 0 amide bonds. The number of rotatable bonds is 3. The Hall–Kier alpha value is -1.20. The van der Waals surface area contributed by atoms with Crippen LogP contribution in [0.1, 0.15) is 40.6 Å². The van der Waals surface area contributed by atoms with Gasteiger partial charge in [-0.05, 0) is 38.2 Å². The second-order valence-corrected chi connectivity index (χ2v) is 6.43. The molecule has 0 aliphatic heterocycles. The van der Waals surface area contributed by atoms with Crippen molar-refractivity contribution in [1.29, 1.82) is 5.41 Å². The molecule has 3 nitrogen and oxygen atoms in total. The van der Waals surface area contributed by atoms with Crippen molar-refractivity contribution in [2.24, 2.45) is 0 Å². The number of fused-ring (bicyclic) bond motifs is 1. The van der Waals surface area contributed by atoms with E-state index in [9.17, 15) is 4.79 Å². The van der Waals surface area contributed by atoms with Crippen LogP contribution in [0.15, 0.2) is 24.3 Å². The smallest absolute Gasteiger partial charge is 0.183 e. The van der Waals surface area contributed by atoms with E-state index in [1.807, 2.05) is 35.8 Å². The standard InChI is InChI=1S/C16H18N2OS.BrH/c1-11-6-8-12(9-7-11)14(10-19)18-13-4-2-3-5-15(13)20-16(18)17;/h6-10,14,17H,2-5H2,1H3;1H/t14-;/m1./s1. The molecule has 1 aromatic heterocycles. The SMILES string of the molecule is Br.Cc1ccc([C@@H](C=O)n2c3c(sc2=N)CCCC3)cc1. The van der Waals surface area contributed by atoms with Gasteiger partial charge in [-0.1, -0.05) is 29.8 Å². The van der Waals surface area contributed by atoms with E-state index in [0.29, 0.717) is 4.80 Å². The van der Waals surface area contributed by atoms with E-state index in [1.54, 1.807) is 0 Å². The summed E-state index contributed by atoms with van der Waals surface area (Å²) in [6.07, 6.45) is 5.36. The van der Waals surface area contributed by atoms with Crippen LogP contribution in [0, 0.1) is 12.3 Å². The van der Waals surface area contributed by atoms with E-state index in [-0.39, 0.29) is 23.0 Å². The van der Waals surface area contributed by atoms with Crippen molar-refractivity contribution in [3.63, 3.8) is 0 Å². The van der Waals surface area contributed by atoms with Crippen molar-refractivity contribution in [3.8, 4) is 0 Å². The fourth-order valence-corrected chi connectivity index (χ4v) is 3.98. The first-order valence-corrected chi connectivity index (χ1v) is 7.82. The summed E-state index contributed by atoms with van der Waals surface area (Å²) in [5.74, 6) is 0. The summed E-state index contributed by atoms with van der Waals surface area (Å²) in [4.78, 5) is 13.4. The van der Waals surface area contributed by atoms with Gasteiger partial charge in [-0.2, -0.15) is 0 Å². The van der Waals surface area contributed by atoms with Gasteiger partial charge in [-0.15, -0.1) is 28.3 Å². The Kier molecular flexibility index (Phi) is 5.17. The molecule has 0 saturated carbocycles. The zero-order chi connectivity index (χ0) is 14.1. The topological polar surface area (TPSA) is 45.9 Å². The third kappa shape index (κ3) is 3.04. The summed E-state index contributed by atoms with van der Waals surface area (Å²) in [6, 6.07) is 7.67. The van der Waals surface area contributed by atoms with E-state index in [1.165, 1.54) is 33.9 Å². The third-order valence-electron chi connectivity index (χ3n) is 3.94. The molecule has 3 rings (SSSR count). The Morgan fingerprint density at radius 2 is 1.90 bits per heavy atom. The second kappa shape index (κ2) is 6.71. The highest BCUT2D eigenvalue weighted by atomic mass is 79.9. The van der Waals surface area contributed by atoms with Crippen molar-refractivity contribution in [2.75, 3.05) is 0 Å². The van der Waals surface area contributed by atoms with Crippen LogP contribution in [-0.2, 0) is 17.6 Å². The zero-order valence-electron chi connectivity index (χ0n) is 12.0. The Bertz CT molecular complexity index is 687. The van der Waals surface area contributed by atoms with Gasteiger partial charge in [-0.3, -0.25) is 5.41 Å². The maximum absolute atomic E-state index is 11.6. The quantitative estimate of drug-likeness (QED) is 0.828. The molecule has 1 aliphatic rings. The lowest BCUT2D eigenvalue weighted by molar-refractivity contribution is -0.109. The normalized spacial score (nSPS) is 14.9. The number of carbonyl (C=O) groups excluding carboxylic acids is 1. The molecule has 1 N–H and O–H groups in total. The molecule has 21 heavy (non-hydrogen) atoms. The number of carbonyl (C=O) groups is 1. The van der Waals surface area contributed by atoms with Gasteiger partial charge in [0.05, 0.1) is 0 Å². The molecule has 5 heteroatoms. The predicted molar refractivity (Wildman–Crippen MR) is 90.5 cm³/mol. The van der Waals surface area contributed by atoms with Crippen LogP contribution in [0.2, 0.25) is 0 Å². The molecule has 2 aromatic rings. The highest BCUT2D eigenvalue weighted by Gasteiger charge is 2.22. The number of benzene rings is 1. The summed E-state index contributed by atoms with van der Waals surface area (Å²) in [5, 5.41) is 8.21. The molecule has 0 spiro atoms. The van der Waals surface area contributed by atoms with Gasteiger partial charge in [-0.25, -0.2) is 0 Å². The lowest BCUT2D eigenvalue weighted by Crippen LogP contribution is -2.25. The molecule has 0 fully saturated rings. The first-order valence-electron chi connectivity index (χ1n) is 7.00. The molecule has 0 unspecified atom stereocenters. The van der Waals surface area contributed by atoms with Crippen LogP contribution < -0.4 is 4.80 Å². The van der Waals surface area contributed by atoms with Crippen LogP contribution >= 0.6 is 28.3 Å². The molecule has 112 valence electrons. The summed E-state index contributed by atoms with van der Waals surface area (Å²) < 4.78 is 1.93. The number of halogens is 1. The van der Waals surface area contributed by atoms with Crippen molar-refractivity contribution in [1.82, 2.24) is 4.57 Å². The first kappa shape index (κ1) is 16.2. The molecule has 1 aliphatic carbocycles. The first-order chi connectivity index (χ1) is 9.70. The number of aldehydes is 1. The monoisotopic (exact) mass is 366 g/mol. The number of aromatic nitrogens is 1. The maximum atomic E-state index is 11.6. The Morgan fingerprint density at radius 3 is 2.57 bits per heavy atom. The van der Waals surface area contributed by atoms with Crippen LogP contribution in [0.3, 0.4) is 0 Å². The number of hydrogen-bond acceptors (Lipinski definition) is 3. The summed E-state index contributed by atoms with van der Waals surface area (Å²) in [6.45, 7) is 2.04. The molecule has 1 heterocycles. The van der Waals surface area contributed by atoms with Gasteiger partial charge >= 0.3 is 0 Å². The predicted octanol–water partition coefficient (Wildman–Crippen LogP) is 3.58. The maximum Gasteiger partial charge on any atom is 0.183 e. The van der Waals surface area contributed by atoms with E-state index in [0.717, 1.165) is 31.1 Å². The summed E-state index contributed by atoms with van der Waals surface area (Å²) >= 11 is 1.53. The summed E-state index contributed by atoms with van der Waals surface area (Å²) in [7, 11) is 0. The molecule has 0 saturated heterocycles. The summed E-state index contributed by atoms with van der Waals surface area (Å²) in [5.41, 5.74) is 3.35. The van der Waals surface area contributed by atoms with Crippen LogP contribution in [0.4, 0.5) is 0 Å². The van der Waals surface area contributed by atoms with E-state index < -0.39 is 0 Å². The van der Waals surface area contributed by atoms with Crippen LogP contribution in [0.5, 0.6) is 0 Å². The van der Waals surface area contributed by atoms with E-state index in [2.05, 4.69) is 0 Å². The van der Waals surface area contributed by atoms with Gasteiger partial charge < -0.3 is 9.36 Å².